The van der Waals surface area contributed by atoms with Crippen LogP contribution in [-0.2, 0) is 14.3 Å². The summed E-state index contributed by atoms with van der Waals surface area (Å²) in [6, 6.07) is -0.994. The predicted molar refractivity (Wildman–Crippen MR) is 51.4 cm³/mol. The van der Waals surface area contributed by atoms with E-state index in [1.54, 1.807) is 0 Å². The van der Waals surface area contributed by atoms with E-state index in [0.717, 1.165) is 0 Å². The Morgan fingerprint density at radius 3 is 2.87 bits per heavy atom. The van der Waals surface area contributed by atoms with Crippen molar-refractivity contribution in [3.63, 3.8) is 0 Å². The largest absolute Gasteiger partial charge is 0.366 e. The highest BCUT2D eigenvalue weighted by atomic mass is 16.5. The average molecular weight is 210 g/mol. The van der Waals surface area contributed by atoms with Crippen molar-refractivity contribution >= 4 is 11.8 Å². The molecule has 2 amide bonds. The molecular weight excluding hydrogens is 200 g/mol. The summed E-state index contributed by atoms with van der Waals surface area (Å²) in [6.45, 7) is 1.12. The predicted octanol–water partition coefficient (Wildman–Crippen LogP) is -0.0222. The highest BCUT2D eigenvalue weighted by molar-refractivity contribution is 5.87. The first-order valence-corrected chi connectivity index (χ1v) is 3.99. The standard InChI is InChI=1S/C8H10N4O3/c1-3-4-15-5-7(10-6(2)13)8(14)11-12-9/h1,7H,4-5H2,2H3,(H,10,13). The number of azide groups is 1. The minimum absolute atomic E-state index is 0.0135. The maximum atomic E-state index is 11.1. The molecule has 1 N–H and O–H groups in total. The number of hydrogen-bond acceptors (Lipinski definition) is 3. The topological polar surface area (TPSA) is 104 Å². The minimum atomic E-state index is -0.994. The Hall–Kier alpha value is -2.03. The van der Waals surface area contributed by atoms with Gasteiger partial charge in [-0.1, -0.05) is 5.92 Å². The number of carbonyl (C=O) groups excluding carboxylic acids is 2. The third-order valence-electron chi connectivity index (χ3n) is 1.29. The fourth-order valence-electron chi connectivity index (χ4n) is 0.770. The monoisotopic (exact) mass is 210 g/mol. The molecular formula is C8H10N4O3. The van der Waals surface area contributed by atoms with Crippen molar-refractivity contribution in [3.05, 3.63) is 10.4 Å². The zero-order valence-corrected chi connectivity index (χ0v) is 8.14. The van der Waals surface area contributed by atoms with Gasteiger partial charge in [-0.05, 0) is 10.6 Å². The van der Waals surface area contributed by atoms with E-state index < -0.39 is 17.9 Å². The summed E-state index contributed by atoms with van der Waals surface area (Å²) < 4.78 is 4.86. The number of nitrogens with one attached hydrogen (secondary N) is 1. The Morgan fingerprint density at radius 1 is 1.73 bits per heavy atom. The van der Waals surface area contributed by atoms with Crippen LogP contribution in [0.2, 0.25) is 0 Å². The van der Waals surface area contributed by atoms with Crippen LogP contribution in [0.15, 0.2) is 5.11 Å². The summed E-state index contributed by atoms with van der Waals surface area (Å²) in [5.74, 6) is 0.957. The quantitative estimate of drug-likeness (QED) is 0.226. The van der Waals surface area contributed by atoms with Crippen molar-refractivity contribution < 1.29 is 14.3 Å². The lowest BCUT2D eigenvalue weighted by molar-refractivity contribution is -0.127. The molecule has 0 aromatic carbocycles. The van der Waals surface area contributed by atoms with E-state index >= 15 is 0 Å². The zero-order valence-electron chi connectivity index (χ0n) is 8.14. The average Bonchev–Trinajstić information content (AvgIpc) is 2.16. The van der Waals surface area contributed by atoms with Crippen LogP contribution >= 0.6 is 0 Å². The van der Waals surface area contributed by atoms with Crippen molar-refractivity contribution in [2.75, 3.05) is 13.2 Å². The van der Waals surface area contributed by atoms with Crippen LogP contribution in [0.3, 0.4) is 0 Å². The molecule has 0 heterocycles. The molecule has 15 heavy (non-hydrogen) atoms. The molecule has 7 nitrogen and oxygen atoms in total. The van der Waals surface area contributed by atoms with E-state index in [-0.39, 0.29) is 13.2 Å². The number of hydrogen-bond donors (Lipinski definition) is 1. The Kier molecular flexibility index (Phi) is 6.38. The van der Waals surface area contributed by atoms with Crippen molar-refractivity contribution in [1.82, 2.24) is 5.32 Å². The molecule has 0 rings (SSSR count). The number of nitrogens with zero attached hydrogens (tertiary/aromatic N) is 3. The second-order valence-electron chi connectivity index (χ2n) is 2.50. The Bertz CT molecular complexity index is 327. The number of ether oxygens (including phenoxy) is 1. The Balaban J connectivity index is 4.30. The SMILES string of the molecule is C#CCOCC(NC(C)=O)C(=O)N=[N+]=[N-]. The first-order valence-electron chi connectivity index (χ1n) is 3.99. The van der Waals surface area contributed by atoms with Crippen LogP contribution in [0.5, 0.6) is 0 Å². The van der Waals surface area contributed by atoms with Crippen molar-refractivity contribution in [2.24, 2.45) is 5.11 Å². The van der Waals surface area contributed by atoms with E-state index in [4.69, 9.17) is 16.7 Å². The van der Waals surface area contributed by atoms with Gasteiger partial charge in [-0.2, -0.15) is 0 Å². The van der Waals surface area contributed by atoms with E-state index in [1.807, 2.05) is 0 Å². The number of rotatable bonds is 5. The van der Waals surface area contributed by atoms with Crippen molar-refractivity contribution in [2.45, 2.75) is 13.0 Å². The van der Waals surface area contributed by atoms with E-state index in [2.05, 4.69) is 21.3 Å². The molecule has 0 bridgehead atoms. The summed E-state index contributed by atoms with van der Waals surface area (Å²) in [5.41, 5.74) is 8.04. The van der Waals surface area contributed by atoms with Gasteiger partial charge >= 0.3 is 0 Å². The fraction of sp³-hybridized carbons (Fsp3) is 0.500. The van der Waals surface area contributed by atoms with Gasteiger partial charge in [0, 0.05) is 11.8 Å². The van der Waals surface area contributed by atoms with Gasteiger partial charge < -0.3 is 10.1 Å². The highest BCUT2D eigenvalue weighted by Gasteiger charge is 2.17. The van der Waals surface area contributed by atoms with Gasteiger partial charge in [-0.3, -0.25) is 9.59 Å². The molecule has 0 saturated heterocycles. The molecule has 0 aliphatic heterocycles. The molecule has 80 valence electrons. The van der Waals surface area contributed by atoms with E-state index in [1.165, 1.54) is 6.92 Å². The van der Waals surface area contributed by atoms with Crippen LogP contribution in [0.25, 0.3) is 10.4 Å². The lowest BCUT2D eigenvalue weighted by atomic mass is 10.3. The summed E-state index contributed by atoms with van der Waals surface area (Å²) in [4.78, 5) is 24.1. The van der Waals surface area contributed by atoms with Gasteiger partial charge in [-0.25, -0.2) is 0 Å². The van der Waals surface area contributed by atoms with Gasteiger partial charge in [0.1, 0.15) is 12.6 Å². The van der Waals surface area contributed by atoms with Crippen LogP contribution in [-0.4, -0.2) is 31.1 Å². The summed E-state index contributed by atoms with van der Waals surface area (Å²) in [7, 11) is 0. The van der Waals surface area contributed by atoms with Gasteiger partial charge in [0.05, 0.1) is 6.61 Å². The molecule has 1 unspecified atom stereocenters. The van der Waals surface area contributed by atoms with Crippen LogP contribution < -0.4 is 5.32 Å². The molecule has 1 atom stereocenters. The maximum Gasteiger partial charge on any atom is 0.243 e. The Morgan fingerprint density at radius 2 is 2.40 bits per heavy atom. The second kappa shape index (κ2) is 7.38. The van der Waals surface area contributed by atoms with Crippen LogP contribution in [0.4, 0.5) is 0 Å². The van der Waals surface area contributed by atoms with E-state index in [9.17, 15) is 9.59 Å². The van der Waals surface area contributed by atoms with Gasteiger partial charge in [0.25, 0.3) is 0 Å². The number of amides is 2. The molecule has 0 aliphatic carbocycles. The van der Waals surface area contributed by atoms with Crippen LogP contribution in [0, 0.1) is 12.3 Å². The molecule has 0 aromatic heterocycles. The molecule has 0 aliphatic rings. The normalized spacial score (nSPS) is 10.7. The van der Waals surface area contributed by atoms with Crippen LogP contribution in [0.1, 0.15) is 6.92 Å². The van der Waals surface area contributed by atoms with Crippen molar-refractivity contribution in [1.29, 1.82) is 0 Å². The maximum absolute atomic E-state index is 11.1. The van der Waals surface area contributed by atoms with Gasteiger partial charge in [0.2, 0.25) is 11.8 Å². The lowest BCUT2D eigenvalue weighted by Crippen LogP contribution is -2.42. The molecule has 0 aromatic rings. The molecule has 0 radical (unpaired) electrons. The lowest BCUT2D eigenvalue weighted by Gasteiger charge is -2.13. The smallest absolute Gasteiger partial charge is 0.243 e. The molecule has 0 saturated carbocycles. The summed E-state index contributed by atoms with van der Waals surface area (Å²) in [6.07, 6.45) is 4.92. The summed E-state index contributed by atoms with van der Waals surface area (Å²) in [5, 5.41) is 5.13. The van der Waals surface area contributed by atoms with Gasteiger partial charge in [-0.15, -0.1) is 6.42 Å². The summed E-state index contributed by atoms with van der Waals surface area (Å²) >= 11 is 0. The second-order valence-corrected chi connectivity index (χ2v) is 2.50. The van der Waals surface area contributed by atoms with E-state index in [0.29, 0.717) is 0 Å². The number of carbonyl (C=O) groups is 2. The molecule has 0 spiro atoms. The molecule has 0 fully saturated rings. The Labute approximate surface area is 86.4 Å². The third-order valence-corrected chi connectivity index (χ3v) is 1.29. The highest BCUT2D eigenvalue weighted by Crippen LogP contribution is 1.91. The third kappa shape index (κ3) is 6.10. The first kappa shape index (κ1) is 13.0. The van der Waals surface area contributed by atoms with Crippen molar-refractivity contribution in [3.8, 4) is 12.3 Å². The van der Waals surface area contributed by atoms with Gasteiger partial charge in [0.15, 0.2) is 0 Å². The minimum Gasteiger partial charge on any atom is -0.366 e. The molecule has 7 heteroatoms. The first-order chi connectivity index (χ1) is 7.11. The fourth-order valence-corrected chi connectivity index (χ4v) is 0.770. The zero-order chi connectivity index (χ0) is 11.7. The number of terminal acetylenes is 1.